The number of benzene rings is 2. The van der Waals surface area contributed by atoms with E-state index in [0.29, 0.717) is 27.4 Å². The van der Waals surface area contributed by atoms with Crippen LogP contribution in [0.4, 0.5) is 5.69 Å². The fourth-order valence-electron chi connectivity index (χ4n) is 6.93. The Kier molecular flexibility index (Phi) is 6.64. The molecule has 4 N–H and O–H groups in total. The molecule has 210 valence electrons. The molecular weight excluding hydrogens is 538 g/mol. The van der Waals surface area contributed by atoms with Crippen LogP contribution < -0.4 is 10.6 Å². The van der Waals surface area contributed by atoms with Crippen LogP contribution in [0, 0.1) is 23.7 Å². The molecule has 11 heteroatoms. The van der Waals surface area contributed by atoms with Crippen molar-refractivity contribution in [1.82, 2.24) is 4.90 Å². The summed E-state index contributed by atoms with van der Waals surface area (Å²) in [4.78, 5) is 70.2. The van der Waals surface area contributed by atoms with Gasteiger partial charge in [-0.3, -0.25) is 28.9 Å². The number of hydrogen-bond acceptors (Lipinski definition) is 9. The first-order chi connectivity index (χ1) is 18.7. The lowest BCUT2D eigenvalue weighted by atomic mass is 9.52. The standard InChI is InChI=1S/C29H30ClN3O7/c1-32(2)18-11-15(12-6-5-7-14(30)8-12)23(34)20-16(18)9-13-10-17-22(33(3)4)25(36)21(28(31)39)27(38)29(17,40)26(37)19(13)24(20)35/h5-8,11,13,17,19,21-22,34,40H,9-10H2,1-4H3,(H2,31,39)/t13-,17-,19?,21?,22-,29-/m0/s1. The number of carbonyl (C=O) groups excluding carboxylic acids is 5. The zero-order valence-electron chi connectivity index (χ0n) is 22.5. The third-order valence-corrected chi connectivity index (χ3v) is 8.89. The molecule has 40 heavy (non-hydrogen) atoms. The van der Waals surface area contributed by atoms with Crippen molar-refractivity contribution in [2.24, 2.45) is 29.4 Å². The molecule has 0 heterocycles. The number of likely N-dealkylation sites (N-methyl/N-ethyl adjacent to an activating group) is 1. The molecular formula is C29H30ClN3O7. The summed E-state index contributed by atoms with van der Waals surface area (Å²) in [7, 11) is 6.68. The number of halogens is 1. The average molecular weight is 568 g/mol. The highest BCUT2D eigenvalue weighted by Crippen LogP contribution is 2.53. The summed E-state index contributed by atoms with van der Waals surface area (Å²) in [6, 6.07) is 7.35. The van der Waals surface area contributed by atoms with Crippen LogP contribution in [-0.4, -0.2) is 84.0 Å². The van der Waals surface area contributed by atoms with E-state index in [2.05, 4.69) is 0 Å². The van der Waals surface area contributed by atoms with Gasteiger partial charge in [-0.05, 0) is 62.2 Å². The lowest BCUT2D eigenvalue weighted by Crippen LogP contribution is -2.74. The van der Waals surface area contributed by atoms with E-state index in [-0.39, 0.29) is 24.2 Å². The lowest BCUT2D eigenvalue weighted by molar-refractivity contribution is -0.181. The van der Waals surface area contributed by atoms with Gasteiger partial charge in [0.15, 0.2) is 34.7 Å². The molecule has 5 rings (SSSR count). The Bertz CT molecular complexity index is 1500. The van der Waals surface area contributed by atoms with Crippen LogP contribution >= 0.6 is 11.6 Å². The van der Waals surface area contributed by atoms with E-state index in [1.807, 2.05) is 0 Å². The Morgan fingerprint density at radius 3 is 2.33 bits per heavy atom. The molecule has 0 spiro atoms. The zero-order chi connectivity index (χ0) is 29.4. The van der Waals surface area contributed by atoms with E-state index < -0.39 is 64.4 Å². The zero-order valence-corrected chi connectivity index (χ0v) is 23.2. The second-order valence-electron chi connectivity index (χ2n) is 11.3. The van der Waals surface area contributed by atoms with Gasteiger partial charge in [0.1, 0.15) is 5.75 Å². The minimum absolute atomic E-state index is 0.00638. The van der Waals surface area contributed by atoms with E-state index in [1.165, 1.54) is 4.90 Å². The van der Waals surface area contributed by atoms with E-state index in [9.17, 15) is 34.2 Å². The van der Waals surface area contributed by atoms with Crippen molar-refractivity contribution in [1.29, 1.82) is 0 Å². The molecule has 2 aromatic carbocycles. The highest BCUT2D eigenvalue weighted by molar-refractivity contribution is 6.33. The van der Waals surface area contributed by atoms with Gasteiger partial charge >= 0.3 is 0 Å². The van der Waals surface area contributed by atoms with Crippen molar-refractivity contribution in [2.45, 2.75) is 24.5 Å². The quantitative estimate of drug-likeness (QED) is 0.462. The highest BCUT2D eigenvalue weighted by atomic mass is 35.5. The minimum atomic E-state index is -2.76. The van der Waals surface area contributed by atoms with Crippen LogP contribution in [0.1, 0.15) is 22.3 Å². The van der Waals surface area contributed by atoms with Crippen LogP contribution in [0.3, 0.4) is 0 Å². The van der Waals surface area contributed by atoms with E-state index in [1.54, 1.807) is 63.4 Å². The minimum Gasteiger partial charge on any atom is -0.507 e. The normalized spacial score (nSPS) is 29.6. The van der Waals surface area contributed by atoms with Gasteiger partial charge in [-0.15, -0.1) is 0 Å². The Morgan fingerprint density at radius 1 is 1.07 bits per heavy atom. The molecule has 2 aromatic rings. The monoisotopic (exact) mass is 567 g/mol. The van der Waals surface area contributed by atoms with Gasteiger partial charge in [-0.25, -0.2) is 0 Å². The number of aromatic hydroxyl groups is 1. The number of anilines is 1. The molecule has 1 amide bonds. The Labute approximate surface area is 235 Å². The van der Waals surface area contributed by atoms with Crippen LogP contribution in [0.25, 0.3) is 11.1 Å². The summed E-state index contributed by atoms with van der Waals surface area (Å²) in [6.45, 7) is 0. The fraction of sp³-hybridized carbons (Fsp3) is 0.414. The predicted molar refractivity (Wildman–Crippen MR) is 146 cm³/mol. The number of carbonyl (C=O) groups is 5. The van der Waals surface area contributed by atoms with Crippen molar-refractivity contribution < 1.29 is 34.2 Å². The molecule has 0 aliphatic heterocycles. The van der Waals surface area contributed by atoms with Crippen LogP contribution in [-0.2, 0) is 25.6 Å². The number of aliphatic hydroxyl groups is 1. The van der Waals surface area contributed by atoms with Gasteiger partial charge in [0.05, 0.1) is 17.5 Å². The van der Waals surface area contributed by atoms with Gasteiger partial charge < -0.3 is 20.8 Å². The third kappa shape index (κ3) is 3.81. The van der Waals surface area contributed by atoms with Crippen molar-refractivity contribution in [3.63, 3.8) is 0 Å². The van der Waals surface area contributed by atoms with Gasteiger partial charge in [0.25, 0.3) is 0 Å². The first kappa shape index (κ1) is 27.9. The van der Waals surface area contributed by atoms with Gasteiger partial charge in [-0.2, -0.15) is 0 Å². The summed E-state index contributed by atoms with van der Waals surface area (Å²) in [5, 5.41) is 23.6. The SMILES string of the molecule is CN(C)c1cc(-c2cccc(Cl)c2)c(O)c2c1C[C@H]1C[C@H]3[C@H](N(C)C)C(=O)C(C(N)=O)C(=O)[C@@]3(O)C(=O)C1C2=O. The molecule has 2 fully saturated rings. The van der Waals surface area contributed by atoms with Crippen LogP contribution in [0.5, 0.6) is 5.75 Å². The summed E-state index contributed by atoms with van der Waals surface area (Å²) < 4.78 is 0. The number of Topliss-reactive ketones (excluding diaryl/α,β-unsaturated/α-hetero) is 4. The maximum absolute atomic E-state index is 14.1. The predicted octanol–water partition coefficient (Wildman–Crippen LogP) is 1.25. The summed E-state index contributed by atoms with van der Waals surface area (Å²) >= 11 is 6.18. The first-order valence-corrected chi connectivity index (χ1v) is 13.3. The van der Waals surface area contributed by atoms with Crippen LogP contribution in [0.2, 0.25) is 5.02 Å². The lowest BCUT2D eigenvalue weighted by Gasteiger charge is -2.52. The molecule has 0 radical (unpaired) electrons. The molecule has 10 nitrogen and oxygen atoms in total. The summed E-state index contributed by atoms with van der Waals surface area (Å²) in [6.07, 6.45) is 0.177. The largest absolute Gasteiger partial charge is 0.507 e. The van der Waals surface area contributed by atoms with Crippen molar-refractivity contribution in [3.8, 4) is 16.9 Å². The average Bonchev–Trinajstić information content (AvgIpc) is 2.85. The summed E-state index contributed by atoms with van der Waals surface area (Å²) in [5.74, 6) is -10.8. The Balaban J connectivity index is 1.69. The van der Waals surface area contributed by atoms with Crippen molar-refractivity contribution >= 4 is 46.3 Å². The smallest absolute Gasteiger partial charge is 0.235 e. The number of phenolic OH excluding ortho intramolecular Hbond substituents is 1. The second kappa shape index (κ2) is 9.50. The Hall–Kier alpha value is -3.60. The number of phenols is 1. The number of ketones is 4. The Morgan fingerprint density at radius 2 is 1.75 bits per heavy atom. The highest BCUT2D eigenvalue weighted by Gasteiger charge is 2.69. The number of rotatable bonds is 4. The van der Waals surface area contributed by atoms with Gasteiger partial charge in [0, 0.05) is 36.3 Å². The molecule has 0 bridgehead atoms. The number of hydrogen-bond donors (Lipinski definition) is 3. The molecule has 0 aromatic heterocycles. The van der Waals surface area contributed by atoms with E-state index in [0.717, 1.165) is 0 Å². The maximum Gasteiger partial charge on any atom is 0.235 e. The van der Waals surface area contributed by atoms with Crippen molar-refractivity contribution in [2.75, 3.05) is 33.1 Å². The number of nitrogens with zero attached hydrogens (tertiary/aromatic N) is 2. The molecule has 6 atom stereocenters. The second-order valence-corrected chi connectivity index (χ2v) is 11.8. The van der Waals surface area contributed by atoms with Crippen molar-refractivity contribution in [3.05, 3.63) is 46.5 Å². The number of fused-ring (bicyclic) bond motifs is 3. The third-order valence-electron chi connectivity index (χ3n) is 8.66. The molecule has 2 saturated carbocycles. The summed E-state index contributed by atoms with van der Waals surface area (Å²) in [5.41, 5.74) is 4.61. The first-order valence-electron chi connectivity index (χ1n) is 12.9. The van der Waals surface area contributed by atoms with E-state index >= 15 is 0 Å². The number of nitrogens with two attached hydrogens (primary N) is 1. The van der Waals surface area contributed by atoms with Gasteiger partial charge in [-0.1, -0.05) is 23.7 Å². The van der Waals surface area contributed by atoms with Gasteiger partial charge in [0.2, 0.25) is 5.91 Å². The number of amides is 1. The molecule has 3 aliphatic carbocycles. The maximum atomic E-state index is 14.1. The van der Waals surface area contributed by atoms with Crippen LogP contribution in [0.15, 0.2) is 30.3 Å². The molecule has 3 aliphatic rings. The molecule has 0 saturated heterocycles. The molecule has 2 unspecified atom stereocenters. The van der Waals surface area contributed by atoms with E-state index in [4.69, 9.17) is 17.3 Å². The number of primary amides is 1. The topological polar surface area (TPSA) is 158 Å². The fourth-order valence-corrected chi connectivity index (χ4v) is 7.12.